The Hall–Kier alpha value is -1.89. The zero-order valence-corrected chi connectivity index (χ0v) is 9.59. The van der Waals surface area contributed by atoms with Gasteiger partial charge in [0.15, 0.2) is 0 Å². The summed E-state index contributed by atoms with van der Waals surface area (Å²) in [7, 11) is 0. The number of nitrogens with two attached hydrogens (primary N) is 1. The molecule has 0 saturated heterocycles. The fourth-order valence-electron chi connectivity index (χ4n) is 1.31. The van der Waals surface area contributed by atoms with Gasteiger partial charge in [-0.3, -0.25) is 10.1 Å². The molecule has 0 aromatic carbocycles. The van der Waals surface area contributed by atoms with E-state index in [4.69, 9.17) is 5.73 Å². The van der Waals surface area contributed by atoms with E-state index in [1.54, 1.807) is 0 Å². The van der Waals surface area contributed by atoms with Gasteiger partial charge < -0.3 is 16.2 Å². The molecule has 0 aliphatic rings. The van der Waals surface area contributed by atoms with Gasteiger partial charge in [-0.05, 0) is 18.9 Å². The Morgan fingerprint density at radius 3 is 2.94 bits per heavy atom. The zero-order chi connectivity index (χ0) is 12.8. The molecule has 1 heterocycles. The largest absolute Gasteiger partial charge is 0.393 e. The second-order valence-electron chi connectivity index (χ2n) is 3.64. The molecule has 4 N–H and O–H groups in total. The van der Waals surface area contributed by atoms with Gasteiger partial charge in [0, 0.05) is 12.6 Å². The number of nitrogens with zero attached hydrogens (tertiary/aromatic N) is 2. The highest BCUT2D eigenvalue weighted by atomic mass is 16.6. The molecule has 0 amide bonds. The predicted molar refractivity (Wildman–Crippen MR) is 64.7 cm³/mol. The number of aromatic nitrogens is 1. The predicted octanol–water partition coefficient (Wildman–Crippen LogP) is 1.14. The first-order valence-electron chi connectivity index (χ1n) is 5.37. The normalized spacial score (nSPS) is 12.1. The summed E-state index contributed by atoms with van der Waals surface area (Å²) >= 11 is 0. The molecule has 0 fully saturated rings. The van der Waals surface area contributed by atoms with Crippen molar-refractivity contribution in [3.05, 3.63) is 22.2 Å². The van der Waals surface area contributed by atoms with Gasteiger partial charge >= 0.3 is 5.69 Å². The van der Waals surface area contributed by atoms with Crippen LogP contribution in [-0.2, 0) is 0 Å². The van der Waals surface area contributed by atoms with Crippen LogP contribution in [-0.4, -0.2) is 27.7 Å². The number of anilines is 2. The molecule has 1 aromatic heterocycles. The van der Waals surface area contributed by atoms with Gasteiger partial charge in [0.05, 0.1) is 11.0 Å². The molecule has 0 aliphatic carbocycles. The van der Waals surface area contributed by atoms with Crippen LogP contribution in [0.25, 0.3) is 0 Å². The topological polar surface area (TPSA) is 114 Å². The molecule has 0 aliphatic heterocycles. The zero-order valence-electron chi connectivity index (χ0n) is 9.59. The Morgan fingerprint density at radius 1 is 1.65 bits per heavy atom. The molecule has 7 nitrogen and oxygen atoms in total. The molecule has 17 heavy (non-hydrogen) atoms. The van der Waals surface area contributed by atoms with Crippen molar-refractivity contribution in [2.75, 3.05) is 17.6 Å². The molecular weight excluding hydrogens is 224 g/mol. The molecule has 1 aromatic rings. The minimum absolute atomic E-state index is 0.120. The van der Waals surface area contributed by atoms with Crippen LogP contribution in [0.15, 0.2) is 12.1 Å². The average Bonchev–Trinajstić information content (AvgIpc) is 2.28. The molecule has 94 valence electrons. The Morgan fingerprint density at radius 2 is 2.35 bits per heavy atom. The van der Waals surface area contributed by atoms with Crippen LogP contribution < -0.4 is 11.1 Å². The smallest absolute Gasteiger partial charge is 0.311 e. The first kappa shape index (κ1) is 13.2. The number of hydrogen-bond acceptors (Lipinski definition) is 6. The molecule has 7 heteroatoms. The van der Waals surface area contributed by atoms with Gasteiger partial charge in [0.25, 0.3) is 0 Å². The van der Waals surface area contributed by atoms with E-state index in [2.05, 4.69) is 10.3 Å². The van der Waals surface area contributed by atoms with E-state index in [0.29, 0.717) is 19.4 Å². The van der Waals surface area contributed by atoms with Crippen LogP contribution in [0.2, 0.25) is 0 Å². The first-order chi connectivity index (χ1) is 8.04. The molecule has 0 saturated carbocycles. The van der Waals surface area contributed by atoms with Crippen molar-refractivity contribution in [2.45, 2.75) is 25.9 Å². The number of nitrogens with one attached hydrogen (secondary N) is 1. The molecule has 0 bridgehead atoms. The number of hydrogen-bond donors (Lipinski definition) is 3. The molecule has 0 radical (unpaired) electrons. The van der Waals surface area contributed by atoms with Gasteiger partial charge in [0.2, 0.25) is 5.82 Å². The SMILES string of the molecule is CCC(O)CCNc1nc(N)ccc1[N+](=O)[O-]. The number of rotatable bonds is 6. The lowest BCUT2D eigenvalue weighted by atomic mass is 10.2. The van der Waals surface area contributed by atoms with E-state index >= 15 is 0 Å². The fourth-order valence-corrected chi connectivity index (χ4v) is 1.31. The maximum Gasteiger partial charge on any atom is 0.311 e. The van der Waals surface area contributed by atoms with Gasteiger partial charge in [-0.25, -0.2) is 4.98 Å². The summed E-state index contributed by atoms with van der Waals surface area (Å²) in [5.41, 5.74) is 5.34. The maximum atomic E-state index is 10.7. The van der Waals surface area contributed by atoms with E-state index < -0.39 is 11.0 Å². The molecule has 1 unspecified atom stereocenters. The number of aliphatic hydroxyl groups excluding tert-OH is 1. The van der Waals surface area contributed by atoms with Crippen molar-refractivity contribution < 1.29 is 10.0 Å². The highest BCUT2D eigenvalue weighted by Crippen LogP contribution is 2.22. The van der Waals surface area contributed by atoms with Crippen molar-refractivity contribution >= 4 is 17.3 Å². The van der Waals surface area contributed by atoms with Crippen LogP contribution in [0.3, 0.4) is 0 Å². The summed E-state index contributed by atoms with van der Waals surface area (Å²) in [6, 6.07) is 2.69. The molecule has 0 spiro atoms. The van der Waals surface area contributed by atoms with E-state index in [1.807, 2.05) is 6.92 Å². The lowest BCUT2D eigenvalue weighted by Crippen LogP contribution is -2.14. The highest BCUT2D eigenvalue weighted by Gasteiger charge is 2.15. The highest BCUT2D eigenvalue weighted by molar-refractivity contribution is 5.59. The van der Waals surface area contributed by atoms with E-state index in [-0.39, 0.29) is 17.3 Å². The Labute approximate surface area is 98.8 Å². The second kappa shape index (κ2) is 6.00. The van der Waals surface area contributed by atoms with Gasteiger partial charge in [-0.15, -0.1) is 0 Å². The third kappa shape index (κ3) is 3.87. The van der Waals surface area contributed by atoms with E-state index in [0.717, 1.165) is 0 Å². The van der Waals surface area contributed by atoms with E-state index in [1.165, 1.54) is 12.1 Å². The summed E-state index contributed by atoms with van der Waals surface area (Å²) in [6.07, 6.45) is 0.737. The number of nitro groups is 1. The third-order valence-corrected chi connectivity index (χ3v) is 2.33. The van der Waals surface area contributed by atoms with Crippen LogP contribution >= 0.6 is 0 Å². The molecule has 1 rings (SSSR count). The van der Waals surface area contributed by atoms with Crippen LogP contribution in [0, 0.1) is 10.1 Å². The summed E-state index contributed by atoms with van der Waals surface area (Å²) < 4.78 is 0. The summed E-state index contributed by atoms with van der Waals surface area (Å²) in [5, 5.41) is 22.9. The number of nitrogen functional groups attached to an aromatic ring is 1. The van der Waals surface area contributed by atoms with Crippen molar-refractivity contribution in [2.24, 2.45) is 0 Å². The van der Waals surface area contributed by atoms with Gasteiger partial charge in [-0.1, -0.05) is 6.92 Å². The van der Waals surface area contributed by atoms with Crippen LogP contribution in [0.5, 0.6) is 0 Å². The minimum atomic E-state index is -0.523. The lowest BCUT2D eigenvalue weighted by molar-refractivity contribution is -0.384. The summed E-state index contributed by atoms with van der Waals surface area (Å²) in [5.74, 6) is 0.354. The number of pyridine rings is 1. The summed E-state index contributed by atoms with van der Waals surface area (Å²) in [4.78, 5) is 14.1. The number of aliphatic hydroxyl groups is 1. The van der Waals surface area contributed by atoms with Gasteiger partial charge in [-0.2, -0.15) is 0 Å². The lowest BCUT2D eigenvalue weighted by Gasteiger charge is -2.09. The average molecular weight is 240 g/mol. The summed E-state index contributed by atoms with van der Waals surface area (Å²) in [6.45, 7) is 2.28. The van der Waals surface area contributed by atoms with Crippen molar-refractivity contribution in [3.63, 3.8) is 0 Å². The van der Waals surface area contributed by atoms with E-state index in [9.17, 15) is 15.2 Å². The standard InChI is InChI=1S/C10H16N4O3/c1-2-7(15)5-6-12-10-8(14(16)17)3-4-9(11)13-10/h3-4,7,15H,2,5-6H2,1H3,(H3,11,12,13). The maximum absolute atomic E-state index is 10.7. The van der Waals surface area contributed by atoms with Crippen molar-refractivity contribution in [3.8, 4) is 0 Å². The molecule has 1 atom stereocenters. The monoisotopic (exact) mass is 240 g/mol. The Kier molecular flexibility index (Phi) is 4.65. The van der Waals surface area contributed by atoms with Gasteiger partial charge in [0.1, 0.15) is 5.82 Å². The first-order valence-corrected chi connectivity index (χ1v) is 5.37. The fraction of sp³-hybridized carbons (Fsp3) is 0.500. The van der Waals surface area contributed by atoms with Crippen LogP contribution in [0.1, 0.15) is 19.8 Å². The van der Waals surface area contributed by atoms with Crippen molar-refractivity contribution in [1.82, 2.24) is 4.98 Å². The Balaban J connectivity index is 2.68. The quantitative estimate of drug-likeness (QED) is 0.507. The minimum Gasteiger partial charge on any atom is -0.393 e. The third-order valence-electron chi connectivity index (χ3n) is 2.33. The Bertz CT molecular complexity index is 397. The molecular formula is C10H16N4O3. The van der Waals surface area contributed by atoms with Crippen LogP contribution in [0.4, 0.5) is 17.3 Å². The second-order valence-corrected chi connectivity index (χ2v) is 3.64. The van der Waals surface area contributed by atoms with Crippen molar-refractivity contribution in [1.29, 1.82) is 0 Å².